The highest BCUT2D eigenvalue weighted by atomic mass is 35.5. The summed E-state index contributed by atoms with van der Waals surface area (Å²) >= 11 is 12.9. The summed E-state index contributed by atoms with van der Waals surface area (Å²) in [5, 5.41) is 1.95. The van der Waals surface area contributed by atoms with Crippen molar-refractivity contribution in [2.45, 2.75) is 13.5 Å². The largest absolute Gasteiger partial charge is 0.471 e. The van der Waals surface area contributed by atoms with Gasteiger partial charge in [-0.15, -0.1) is 0 Å². The SMILES string of the molecule is Cc1ccc(N2COc3c(Cl)cc4c(-c5ccccc5)cc(=O)oc4c3C2)cc1Cl. The maximum atomic E-state index is 12.4. The number of anilines is 1. The Morgan fingerprint density at radius 2 is 1.77 bits per heavy atom. The molecule has 0 bridgehead atoms. The Morgan fingerprint density at radius 3 is 2.53 bits per heavy atom. The van der Waals surface area contributed by atoms with Crippen LogP contribution in [-0.4, -0.2) is 6.73 Å². The van der Waals surface area contributed by atoms with E-state index in [1.807, 2.05) is 60.4 Å². The third-order valence-electron chi connectivity index (χ3n) is 5.35. The minimum Gasteiger partial charge on any atom is -0.471 e. The van der Waals surface area contributed by atoms with Crippen molar-refractivity contribution in [3.63, 3.8) is 0 Å². The Morgan fingerprint density at radius 1 is 0.967 bits per heavy atom. The van der Waals surface area contributed by atoms with Gasteiger partial charge in [-0.05, 0) is 41.8 Å². The summed E-state index contributed by atoms with van der Waals surface area (Å²) in [6, 6.07) is 18.9. The molecule has 6 heteroatoms. The number of rotatable bonds is 2. The number of fused-ring (bicyclic) bond motifs is 3. The van der Waals surface area contributed by atoms with Crippen molar-refractivity contribution in [3.05, 3.63) is 92.3 Å². The summed E-state index contributed by atoms with van der Waals surface area (Å²) in [6.07, 6.45) is 0. The first kappa shape index (κ1) is 19.0. The molecule has 0 N–H and O–H groups in total. The van der Waals surface area contributed by atoms with Gasteiger partial charge in [-0.25, -0.2) is 4.79 Å². The average molecular weight is 438 g/mol. The monoisotopic (exact) mass is 437 g/mol. The van der Waals surface area contributed by atoms with Crippen LogP contribution in [0.4, 0.5) is 5.69 Å². The molecule has 150 valence electrons. The van der Waals surface area contributed by atoms with Gasteiger partial charge in [0.15, 0.2) is 6.73 Å². The summed E-state index contributed by atoms with van der Waals surface area (Å²) in [6.45, 7) is 2.76. The lowest BCUT2D eigenvalue weighted by molar-refractivity contribution is 0.289. The van der Waals surface area contributed by atoms with Crippen LogP contribution >= 0.6 is 23.2 Å². The van der Waals surface area contributed by atoms with Crippen molar-refractivity contribution < 1.29 is 9.15 Å². The lowest BCUT2D eigenvalue weighted by atomic mass is 9.99. The van der Waals surface area contributed by atoms with E-state index < -0.39 is 5.63 Å². The van der Waals surface area contributed by atoms with Crippen LogP contribution in [0.5, 0.6) is 5.75 Å². The van der Waals surface area contributed by atoms with Gasteiger partial charge in [-0.1, -0.05) is 59.6 Å². The molecule has 0 radical (unpaired) electrons. The fourth-order valence-electron chi connectivity index (χ4n) is 3.79. The number of nitrogens with zero attached hydrogens (tertiary/aromatic N) is 1. The van der Waals surface area contributed by atoms with Gasteiger partial charge in [0.1, 0.15) is 11.3 Å². The molecular formula is C24H17Cl2NO3. The highest BCUT2D eigenvalue weighted by molar-refractivity contribution is 6.33. The standard InChI is InChI=1S/C24H17Cl2NO3/c1-14-7-8-16(9-20(14)25)27-12-19-23-18(10-21(26)24(19)29-13-27)17(11-22(28)30-23)15-5-3-2-4-6-15/h2-11H,12-13H2,1H3. The summed E-state index contributed by atoms with van der Waals surface area (Å²) in [4.78, 5) is 14.4. The number of hydrogen-bond acceptors (Lipinski definition) is 4. The number of ether oxygens (including phenoxy) is 1. The van der Waals surface area contributed by atoms with E-state index in [1.54, 1.807) is 6.07 Å². The zero-order chi connectivity index (χ0) is 20.8. The predicted molar refractivity (Wildman–Crippen MR) is 121 cm³/mol. The summed E-state index contributed by atoms with van der Waals surface area (Å²) in [7, 11) is 0. The third-order valence-corrected chi connectivity index (χ3v) is 6.04. The fraction of sp³-hybridized carbons (Fsp3) is 0.125. The maximum absolute atomic E-state index is 12.4. The smallest absolute Gasteiger partial charge is 0.336 e. The first-order chi connectivity index (χ1) is 14.5. The fourth-order valence-corrected chi connectivity index (χ4v) is 4.24. The molecule has 2 heterocycles. The van der Waals surface area contributed by atoms with Gasteiger partial charge in [-0.3, -0.25) is 0 Å². The number of halogens is 2. The molecule has 4 aromatic rings. The Kier molecular flexibility index (Phi) is 4.69. The van der Waals surface area contributed by atoms with Gasteiger partial charge in [-0.2, -0.15) is 0 Å². The second kappa shape index (κ2) is 7.38. The minimum atomic E-state index is -0.415. The molecule has 0 amide bonds. The summed E-state index contributed by atoms with van der Waals surface area (Å²) < 4.78 is 11.6. The number of benzene rings is 3. The summed E-state index contributed by atoms with van der Waals surface area (Å²) in [5.41, 5.74) is 4.45. The molecule has 3 aromatic carbocycles. The molecule has 0 fully saturated rings. The Labute approximate surface area is 183 Å². The topological polar surface area (TPSA) is 42.7 Å². The molecule has 0 aliphatic carbocycles. The van der Waals surface area contributed by atoms with Crippen molar-refractivity contribution in [2.75, 3.05) is 11.6 Å². The molecule has 0 atom stereocenters. The number of hydrogen-bond donors (Lipinski definition) is 0. The van der Waals surface area contributed by atoms with Crippen LogP contribution < -0.4 is 15.3 Å². The molecule has 4 nitrogen and oxygen atoms in total. The summed E-state index contributed by atoms with van der Waals surface area (Å²) in [5.74, 6) is 0.548. The normalized spacial score (nSPS) is 13.2. The maximum Gasteiger partial charge on any atom is 0.336 e. The third kappa shape index (κ3) is 3.22. The minimum absolute atomic E-state index is 0.320. The van der Waals surface area contributed by atoms with E-state index in [9.17, 15) is 4.79 Å². The first-order valence-electron chi connectivity index (χ1n) is 9.50. The zero-order valence-corrected chi connectivity index (χ0v) is 17.6. The Bertz CT molecular complexity index is 1330. The second-order valence-electron chi connectivity index (χ2n) is 7.29. The second-order valence-corrected chi connectivity index (χ2v) is 8.11. The van der Waals surface area contributed by atoms with Crippen LogP contribution in [0, 0.1) is 6.92 Å². The van der Waals surface area contributed by atoms with Crippen LogP contribution in [0.1, 0.15) is 11.1 Å². The average Bonchev–Trinajstić information content (AvgIpc) is 2.76. The van der Waals surface area contributed by atoms with Gasteiger partial charge in [0, 0.05) is 22.2 Å². The van der Waals surface area contributed by atoms with Crippen molar-refractivity contribution >= 4 is 39.9 Å². The van der Waals surface area contributed by atoms with E-state index in [-0.39, 0.29) is 0 Å². The van der Waals surface area contributed by atoms with Crippen LogP contribution in [-0.2, 0) is 6.54 Å². The molecule has 0 saturated carbocycles. The van der Waals surface area contributed by atoms with Crippen LogP contribution in [0.2, 0.25) is 10.0 Å². The van der Waals surface area contributed by atoms with Crippen molar-refractivity contribution in [3.8, 4) is 16.9 Å². The van der Waals surface area contributed by atoms with E-state index in [2.05, 4.69) is 0 Å². The molecule has 30 heavy (non-hydrogen) atoms. The van der Waals surface area contributed by atoms with Crippen LogP contribution in [0.25, 0.3) is 22.1 Å². The van der Waals surface area contributed by atoms with E-state index in [0.29, 0.717) is 34.7 Å². The molecule has 1 aliphatic heterocycles. The first-order valence-corrected chi connectivity index (χ1v) is 10.3. The molecule has 5 rings (SSSR count). The predicted octanol–water partition coefficient (Wildman–Crippen LogP) is 6.43. The molecule has 0 unspecified atom stereocenters. The molecular weight excluding hydrogens is 421 g/mol. The van der Waals surface area contributed by atoms with Crippen LogP contribution in [0.15, 0.2) is 69.9 Å². The van der Waals surface area contributed by atoms with Gasteiger partial charge in [0.2, 0.25) is 0 Å². The quantitative estimate of drug-likeness (QED) is 0.338. The van der Waals surface area contributed by atoms with Crippen molar-refractivity contribution in [2.24, 2.45) is 0 Å². The lowest BCUT2D eigenvalue weighted by Crippen LogP contribution is -2.32. The van der Waals surface area contributed by atoms with Crippen LogP contribution in [0.3, 0.4) is 0 Å². The Hall–Kier alpha value is -2.95. The van der Waals surface area contributed by atoms with Gasteiger partial charge < -0.3 is 14.1 Å². The highest BCUT2D eigenvalue weighted by Gasteiger charge is 2.26. The molecule has 0 saturated heterocycles. The van der Waals surface area contributed by atoms with E-state index in [4.69, 9.17) is 32.4 Å². The lowest BCUT2D eigenvalue weighted by Gasteiger charge is -2.32. The van der Waals surface area contributed by atoms with Crippen molar-refractivity contribution in [1.29, 1.82) is 0 Å². The molecule has 1 aromatic heterocycles. The van der Waals surface area contributed by atoms with E-state index in [0.717, 1.165) is 33.3 Å². The number of aryl methyl sites for hydroxylation is 1. The van der Waals surface area contributed by atoms with Gasteiger partial charge in [0.25, 0.3) is 0 Å². The van der Waals surface area contributed by atoms with E-state index >= 15 is 0 Å². The Balaban J connectivity index is 1.69. The zero-order valence-electron chi connectivity index (χ0n) is 16.1. The highest BCUT2D eigenvalue weighted by Crippen LogP contribution is 2.42. The van der Waals surface area contributed by atoms with Crippen molar-refractivity contribution in [1.82, 2.24) is 0 Å². The molecule has 0 spiro atoms. The molecule has 1 aliphatic rings. The van der Waals surface area contributed by atoms with Gasteiger partial charge >= 0.3 is 5.63 Å². The van der Waals surface area contributed by atoms with E-state index in [1.165, 1.54) is 6.07 Å². The van der Waals surface area contributed by atoms with Gasteiger partial charge in [0.05, 0.1) is 17.1 Å².